The first-order valence-electron chi connectivity index (χ1n) is 7.56. The van der Waals surface area contributed by atoms with Crippen molar-refractivity contribution in [3.8, 4) is 0 Å². The van der Waals surface area contributed by atoms with E-state index >= 15 is 0 Å². The minimum atomic E-state index is 0.524. The van der Waals surface area contributed by atoms with E-state index in [-0.39, 0.29) is 0 Å². The molecule has 21 heavy (non-hydrogen) atoms. The number of rotatable bonds is 7. The predicted octanol–water partition coefficient (Wildman–Crippen LogP) is 5.11. The summed E-state index contributed by atoms with van der Waals surface area (Å²) in [4.78, 5) is 1.38. The quantitative estimate of drug-likeness (QED) is 0.747. The Balaban J connectivity index is 2.06. The standard InChI is InChI=1S/C18H24ClNS/c1-13(2)20-12-15(11-17-8-9-18(19)21-17)10-16-7-5-4-6-14(16)3/h4-9,13,15,20H,10-12H2,1-3H3. The van der Waals surface area contributed by atoms with Gasteiger partial charge in [-0.15, -0.1) is 11.3 Å². The molecule has 0 spiro atoms. The molecule has 0 bridgehead atoms. The van der Waals surface area contributed by atoms with Crippen molar-refractivity contribution in [2.45, 2.75) is 39.7 Å². The molecule has 0 amide bonds. The van der Waals surface area contributed by atoms with Crippen molar-refractivity contribution in [3.05, 3.63) is 56.7 Å². The lowest BCUT2D eigenvalue weighted by Gasteiger charge is -2.20. The van der Waals surface area contributed by atoms with E-state index in [0.717, 1.165) is 23.7 Å². The van der Waals surface area contributed by atoms with Crippen LogP contribution in [-0.2, 0) is 12.8 Å². The molecule has 1 unspecified atom stereocenters. The number of hydrogen-bond acceptors (Lipinski definition) is 2. The van der Waals surface area contributed by atoms with Gasteiger partial charge in [0.2, 0.25) is 0 Å². The van der Waals surface area contributed by atoms with Crippen LogP contribution in [0.4, 0.5) is 0 Å². The highest BCUT2D eigenvalue weighted by molar-refractivity contribution is 7.16. The van der Waals surface area contributed by atoms with Crippen molar-refractivity contribution in [1.29, 1.82) is 0 Å². The van der Waals surface area contributed by atoms with Crippen LogP contribution in [0.5, 0.6) is 0 Å². The Morgan fingerprint density at radius 3 is 2.48 bits per heavy atom. The van der Waals surface area contributed by atoms with Crippen LogP contribution in [0, 0.1) is 12.8 Å². The van der Waals surface area contributed by atoms with E-state index in [9.17, 15) is 0 Å². The van der Waals surface area contributed by atoms with Crippen LogP contribution in [0.1, 0.15) is 29.9 Å². The predicted molar refractivity (Wildman–Crippen MR) is 94.5 cm³/mol. The average molecular weight is 322 g/mol. The molecule has 1 atom stereocenters. The zero-order chi connectivity index (χ0) is 15.2. The molecule has 2 rings (SSSR count). The summed E-state index contributed by atoms with van der Waals surface area (Å²) in [5, 5.41) is 3.58. The van der Waals surface area contributed by atoms with Crippen LogP contribution in [0.15, 0.2) is 36.4 Å². The lowest BCUT2D eigenvalue weighted by molar-refractivity contribution is 0.446. The molecule has 0 fully saturated rings. The zero-order valence-corrected chi connectivity index (χ0v) is 14.6. The molecule has 1 heterocycles. The number of hydrogen-bond donors (Lipinski definition) is 1. The maximum absolute atomic E-state index is 6.06. The van der Waals surface area contributed by atoms with Gasteiger partial charge < -0.3 is 5.32 Å². The van der Waals surface area contributed by atoms with Crippen LogP contribution >= 0.6 is 22.9 Å². The number of aryl methyl sites for hydroxylation is 1. The smallest absolute Gasteiger partial charge is 0.0931 e. The first-order valence-corrected chi connectivity index (χ1v) is 8.76. The van der Waals surface area contributed by atoms with Gasteiger partial charge in [-0.1, -0.05) is 49.7 Å². The Hall–Kier alpha value is -0.830. The van der Waals surface area contributed by atoms with Crippen molar-refractivity contribution in [3.63, 3.8) is 0 Å². The van der Waals surface area contributed by atoms with Gasteiger partial charge in [-0.25, -0.2) is 0 Å². The van der Waals surface area contributed by atoms with Gasteiger partial charge in [-0.2, -0.15) is 0 Å². The third kappa shape index (κ3) is 5.46. The van der Waals surface area contributed by atoms with Gasteiger partial charge in [0.25, 0.3) is 0 Å². The monoisotopic (exact) mass is 321 g/mol. The van der Waals surface area contributed by atoms with Crippen molar-refractivity contribution in [2.24, 2.45) is 5.92 Å². The van der Waals surface area contributed by atoms with E-state index in [2.05, 4.69) is 56.4 Å². The largest absolute Gasteiger partial charge is 0.314 e. The van der Waals surface area contributed by atoms with Gasteiger partial charge in [0.15, 0.2) is 0 Å². The van der Waals surface area contributed by atoms with Gasteiger partial charge in [-0.3, -0.25) is 0 Å². The second kappa shape index (κ2) is 7.98. The molecule has 0 saturated carbocycles. The summed E-state index contributed by atoms with van der Waals surface area (Å²) in [6.45, 7) is 7.64. The molecule has 0 radical (unpaired) electrons. The molecular weight excluding hydrogens is 298 g/mol. The maximum atomic E-state index is 6.06. The van der Waals surface area contributed by atoms with E-state index in [1.54, 1.807) is 11.3 Å². The van der Waals surface area contributed by atoms with Crippen molar-refractivity contribution >= 4 is 22.9 Å². The van der Waals surface area contributed by atoms with Gasteiger partial charge in [0.05, 0.1) is 4.34 Å². The van der Waals surface area contributed by atoms with Crippen molar-refractivity contribution in [1.82, 2.24) is 5.32 Å². The van der Waals surface area contributed by atoms with Crippen LogP contribution in [0.2, 0.25) is 4.34 Å². The normalized spacial score (nSPS) is 12.8. The summed E-state index contributed by atoms with van der Waals surface area (Å²) in [5.74, 6) is 0.600. The Labute approximate surface area is 137 Å². The Morgan fingerprint density at radius 2 is 1.86 bits per heavy atom. The lowest BCUT2D eigenvalue weighted by atomic mass is 9.93. The van der Waals surface area contributed by atoms with Crippen LogP contribution in [0.25, 0.3) is 0 Å². The van der Waals surface area contributed by atoms with E-state index < -0.39 is 0 Å². The topological polar surface area (TPSA) is 12.0 Å². The maximum Gasteiger partial charge on any atom is 0.0931 e. The lowest BCUT2D eigenvalue weighted by Crippen LogP contribution is -2.31. The molecule has 0 saturated heterocycles. The first-order chi connectivity index (χ1) is 10.0. The molecule has 1 N–H and O–H groups in total. The molecule has 0 aliphatic heterocycles. The molecule has 0 aliphatic rings. The summed E-state index contributed by atoms with van der Waals surface area (Å²) in [6.07, 6.45) is 2.20. The highest BCUT2D eigenvalue weighted by Crippen LogP contribution is 2.25. The molecular formula is C18H24ClNS. The fourth-order valence-corrected chi connectivity index (χ4v) is 3.72. The fraction of sp³-hybridized carbons (Fsp3) is 0.444. The first kappa shape index (κ1) is 16.5. The number of halogens is 1. The van der Waals surface area contributed by atoms with Crippen molar-refractivity contribution in [2.75, 3.05) is 6.54 Å². The molecule has 2 aromatic rings. The third-order valence-corrected chi connectivity index (χ3v) is 4.96. The van der Waals surface area contributed by atoms with E-state index in [0.29, 0.717) is 12.0 Å². The SMILES string of the molecule is Cc1ccccc1CC(CNC(C)C)Cc1ccc(Cl)s1. The summed E-state index contributed by atoms with van der Waals surface area (Å²) in [7, 11) is 0. The van der Waals surface area contributed by atoms with Gasteiger partial charge in [0, 0.05) is 10.9 Å². The number of nitrogens with one attached hydrogen (secondary N) is 1. The molecule has 1 nitrogen and oxygen atoms in total. The van der Waals surface area contributed by atoms with Crippen molar-refractivity contribution < 1.29 is 0 Å². The number of benzene rings is 1. The highest BCUT2D eigenvalue weighted by Gasteiger charge is 2.14. The second-order valence-corrected chi connectivity index (χ2v) is 7.77. The highest BCUT2D eigenvalue weighted by atomic mass is 35.5. The van der Waals surface area contributed by atoms with E-state index in [1.165, 1.54) is 16.0 Å². The molecule has 3 heteroatoms. The van der Waals surface area contributed by atoms with Crippen LogP contribution < -0.4 is 5.32 Å². The summed E-state index contributed by atoms with van der Waals surface area (Å²) >= 11 is 7.76. The van der Waals surface area contributed by atoms with E-state index in [4.69, 9.17) is 11.6 Å². The average Bonchev–Trinajstić information content (AvgIpc) is 2.84. The minimum absolute atomic E-state index is 0.524. The fourth-order valence-electron chi connectivity index (χ4n) is 2.51. The van der Waals surface area contributed by atoms with Gasteiger partial charge in [0.1, 0.15) is 0 Å². The Bertz CT molecular complexity index is 562. The van der Waals surface area contributed by atoms with E-state index in [1.807, 2.05) is 6.07 Å². The third-order valence-electron chi connectivity index (χ3n) is 3.70. The summed E-state index contributed by atoms with van der Waals surface area (Å²) in [6, 6.07) is 13.4. The van der Waals surface area contributed by atoms with Gasteiger partial charge >= 0.3 is 0 Å². The Morgan fingerprint density at radius 1 is 1.10 bits per heavy atom. The van der Waals surface area contributed by atoms with Crippen LogP contribution in [0.3, 0.4) is 0 Å². The minimum Gasteiger partial charge on any atom is -0.314 e. The molecule has 114 valence electrons. The van der Waals surface area contributed by atoms with Gasteiger partial charge in [-0.05, 0) is 55.5 Å². The van der Waals surface area contributed by atoms with Crippen LogP contribution in [-0.4, -0.2) is 12.6 Å². The number of thiophene rings is 1. The summed E-state index contributed by atoms with van der Waals surface area (Å²) in [5.41, 5.74) is 2.84. The Kier molecular flexibility index (Phi) is 6.28. The zero-order valence-electron chi connectivity index (χ0n) is 13.0. The molecule has 1 aromatic heterocycles. The molecule has 1 aromatic carbocycles. The molecule has 0 aliphatic carbocycles. The summed E-state index contributed by atoms with van der Waals surface area (Å²) < 4.78 is 0.886. The second-order valence-electron chi connectivity index (χ2n) is 5.97.